The van der Waals surface area contributed by atoms with Crippen molar-refractivity contribution in [2.24, 2.45) is 0 Å². The Hall–Kier alpha value is -1.52. The molecule has 2 rings (SSSR count). The summed E-state index contributed by atoms with van der Waals surface area (Å²) in [5.41, 5.74) is 0.547. The monoisotopic (exact) mass is 208 g/mol. The molecule has 5 heteroatoms. The van der Waals surface area contributed by atoms with E-state index < -0.39 is 0 Å². The van der Waals surface area contributed by atoms with Crippen LogP contribution >= 0.6 is 0 Å². The highest BCUT2D eigenvalue weighted by molar-refractivity contribution is 5.38. The second kappa shape index (κ2) is 3.92. The van der Waals surface area contributed by atoms with Gasteiger partial charge in [-0.2, -0.15) is 9.71 Å². The molecule has 0 spiro atoms. The van der Waals surface area contributed by atoms with E-state index in [0.717, 1.165) is 23.6 Å². The lowest BCUT2D eigenvalue weighted by Gasteiger charge is -2.27. The van der Waals surface area contributed by atoms with E-state index in [9.17, 15) is 5.21 Å². The molecule has 2 N–H and O–H groups in total. The molecule has 2 heterocycles. The number of rotatable bonds is 1. The maximum absolute atomic E-state index is 9.38. The highest BCUT2D eigenvalue weighted by atomic mass is 16.5. The first-order valence-corrected chi connectivity index (χ1v) is 5.28. The fourth-order valence-corrected chi connectivity index (χ4v) is 1.89. The van der Waals surface area contributed by atoms with E-state index in [1.54, 1.807) is 6.92 Å². The molecule has 0 amide bonds. The van der Waals surface area contributed by atoms with Crippen molar-refractivity contribution in [2.75, 3.05) is 18.0 Å². The SMILES string of the molecule is Cc1cc(N2CCCCC2)nc(=N)n1O. The molecule has 0 radical (unpaired) electrons. The minimum atomic E-state index is -0.101. The van der Waals surface area contributed by atoms with Gasteiger partial charge in [-0.15, -0.1) is 0 Å². The van der Waals surface area contributed by atoms with Gasteiger partial charge >= 0.3 is 0 Å². The van der Waals surface area contributed by atoms with E-state index in [1.807, 2.05) is 6.07 Å². The summed E-state index contributed by atoms with van der Waals surface area (Å²) in [6.45, 7) is 3.77. The van der Waals surface area contributed by atoms with Crippen LogP contribution in [0, 0.1) is 12.3 Å². The normalized spacial score (nSPS) is 16.7. The Morgan fingerprint density at radius 3 is 2.60 bits per heavy atom. The summed E-state index contributed by atoms with van der Waals surface area (Å²) < 4.78 is 0.799. The molecule has 5 nitrogen and oxygen atoms in total. The molecule has 1 aromatic heterocycles. The van der Waals surface area contributed by atoms with Gasteiger partial charge in [0.05, 0.1) is 5.69 Å². The van der Waals surface area contributed by atoms with Crippen LogP contribution in [0.3, 0.4) is 0 Å². The zero-order valence-electron chi connectivity index (χ0n) is 8.90. The molecule has 15 heavy (non-hydrogen) atoms. The molecule has 1 aliphatic rings. The third-order valence-electron chi connectivity index (χ3n) is 2.77. The summed E-state index contributed by atoms with van der Waals surface area (Å²) in [6, 6.07) is 1.82. The Bertz CT molecular complexity index is 406. The molecule has 1 saturated heterocycles. The van der Waals surface area contributed by atoms with E-state index >= 15 is 0 Å². The van der Waals surface area contributed by atoms with Gasteiger partial charge in [-0.3, -0.25) is 5.41 Å². The summed E-state index contributed by atoms with van der Waals surface area (Å²) in [5, 5.41) is 16.9. The molecular weight excluding hydrogens is 192 g/mol. The van der Waals surface area contributed by atoms with Gasteiger partial charge in [0, 0.05) is 19.2 Å². The number of anilines is 1. The van der Waals surface area contributed by atoms with Crippen molar-refractivity contribution < 1.29 is 5.21 Å². The lowest BCUT2D eigenvalue weighted by Crippen LogP contribution is -2.33. The van der Waals surface area contributed by atoms with E-state index in [0.29, 0.717) is 5.69 Å². The smallest absolute Gasteiger partial charge is 0.257 e. The van der Waals surface area contributed by atoms with Gasteiger partial charge in [0.15, 0.2) is 0 Å². The number of hydrogen-bond acceptors (Lipinski definition) is 4. The van der Waals surface area contributed by atoms with Gasteiger partial charge in [-0.25, -0.2) is 0 Å². The molecule has 1 fully saturated rings. The van der Waals surface area contributed by atoms with Crippen molar-refractivity contribution in [1.82, 2.24) is 9.71 Å². The van der Waals surface area contributed by atoms with Crippen LogP contribution in [0.5, 0.6) is 0 Å². The third kappa shape index (κ3) is 1.95. The third-order valence-corrected chi connectivity index (χ3v) is 2.77. The number of piperidine rings is 1. The summed E-state index contributed by atoms with van der Waals surface area (Å²) >= 11 is 0. The maximum atomic E-state index is 9.38. The average molecular weight is 208 g/mol. The summed E-state index contributed by atoms with van der Waals surface area (Å²) in [4.78, 5) is 6.24. The summed E-state index contributed by atoms with van der Waals surface area (Å²) in [7, 11) is 0. The van der Waals surface area contributed by atoms with Crippen molar-refractivity contribution in [3.63, 3.8) is 0 Å². The van der Waals surface area contributed by atoms with E-state index in [4.69, 9.17) is 5.41 Å². The number of nitrogens with zero attached hydrogens (tertiary/aromatic N) is 3. The van der Waals surface area contributed by atoms with Crippen molar-refractivity contribution in [1.29, 1.82) is 5.41 Å². The molecule has 1 aromatic rings. The molecule has 0 aliphatic carbocycles. The lowest BCUT2D eigenvalue weighted by molar-refractivity contribution is 0.158. The van der Waals surface area contributed by atoms with Crippen molar-refractivity contribution in [3.8, 4) is 0 Å². The van der Waals surface area contributed by atoms with Gasteiger partial charge in [0.1, 0.15) is 5.82 Å². The first kappa shape index (κ1) is 10.0. The van der Waals surface area contributed by atoms with Crippen LogP contribution in [0.1, 0.15) is 25.0 Å². The topological polar surface area (TPSA) is 65.1 Å². The Balaban J connectivity index is 2.32. The highest BCUT2D eigenvalue weighted by Gasteiger charge is 2.13. The predicted octanol–water partition coefficient (Wildman–Crippen LogP) is 0.899. The second-order valence-corrected chi connectivity index (χ2v) is 3.94. The Morgan fingerprint density at radius 1 is 1.33 bits per heavy atom. The van der Waals surface area contributed by atoms with Crippen LogP contribution in [0.2, 0.25) is 0 Å². The fraction of sp³-hybridized carbons (Fsp3) is 0.600. The first-order valence-electron chi connectivity index (χ1n) is 5.28. The molecule has 0 atom stereocenters. The van der Waals surface area contributed by atoms with Gasteiger partial charge < -0.3 is 10.1 Å². The zero-order chi connectivity index (χ0) is 10.8. The first-order chi connectivity index (χ1) is 7.18. The van der Waals surface area contributed by atoms with Gasteiger partial charge in [0.2, 0.25) is 0 Å². The second-order valence-electron chi connectivity index (χ2n) is 3.94. The summed E-state index contributed by atoms with van der Waals surface area (Å²) in [6.07, 6.45) is 3.64. The largest absolute Gasteiger partial charge is 0.425 e. The van der Waals surface area contributed by atoms with E-state index in [2.05, 4.69) is 9.88 Å². The van der Waals surface area contributed by atoms with Gasteiger partial charge in [-0.1, -0.05) is 0 Å². The molecule has 0 bridgehead atoms. The van der Waals surface area contributed by atoms with Crippen LogP contribution < -0.4 is 10.5 Å². The maximum Gasteiger partial charge on any atom is 0.257 e. The Kier molecular flexibility index (Phi) is 2.62. The van der Waals surface area contributed by atoms with Crippen LogP contribution in [-0.4, -0.2) is 28.0 Å². The number of aryl methyl sites for hydroxylation is 1. The quantitative estimate of drug-likeness (QED) is 0.674. The van der Waals surface area contributed by atoms with Crippen LogP contribution in [0.25, 0.3) is 0 Å². The molecule has 1 aliphatic heterocycles. The minimum absolute atomic E-state index is 0.101. The van der Waals surface area contributed by atoms with Gasteiger partial charge in [0.25, 0.3) is 5.62 Å². The molecule has 82 valence electrons. The van der Waals surface area contributed by atoms with Crippen LogP contribution in [-0.2, 0) is 0 Å². The Morgan fingerprint density at radius 2 is 2.00 bits per heavy atom. The number of hydrogen-bond donors (Lipinski definition) is 2. The van der Waals surface area contributed by atoms with Crippen LogP contribution in [0.15, 0.2) is 6.07 Å². The van der Waals surface area contributed by atoms with E-state index in [1.165, 1.54) is 19.3 Å². The molecular formula is C10H16N4O. The lowest BCUT2D eigenvalue weighted by atomic mass is 10.1. The van der Waals surface area contributed by atoms with Gasteiger partial charge in [-0.05, 0) is 26.2 Å². The van der Waals surface area contributed by atoms with Crippen LogP contribution in [0.4, 0.5) is 5.82 Å². The van der Waals surface area contributed by atoms with Crippen molar-refractivity contribution in [2.45, 2.75) is 26.2 Å². The molecule has 0 aromatic carbocycles. The molecule has 0 saturated carbocycles. The number of nitrogens with one attached hydrogen (secondary N) is 1. The zero-order valence-corrected chi connectivity index (χ0v) is 8.90. The Labute approximate surface area is 88.5 Å². The molecule has 0 unspecified atom stereocenters. The minimum Gasteiger partial charge on any atom is -0.425 e. The van der Waals surface area contributed by atoms with E-state index in [-0.39, 0.29) is 5.62 Å². The predicted molar refractivity (Wildman–Crippen MR) is 56.1 cm³/mol. The number of aromatic nitrogens is 2. The standard InChI is InChI=1S/C10H16N4O/c1-8-7-9(12-10(11)14(8)15)13-5-3-2-4-6-13/h7,11,15H,2-6H2,1H3. The summed E-state index contributed by atoms with van der Waals surface area (Å²) in [5.74, 6) is 0.808. The highest BCUT2D eigenvalue weighted by Crippen LogP contribution is 2.16. The fourth-order valence-electron chi connectivity index (χ4n) is 1.89. The average Bonchev–Trinajstić information content (AvgIpc) is 2.26. The van der Waals surface area contributed by atoms with Crippen molar-refractivity contribution in [3.05, 3.63) is 17.4 Å². The van der Waals surface area contributed by atoms with Crippen molar-refractivity contribution >= 4 is 5.82 Å².